The first-order chi connectivity index (χ1) is 11.7. The zero-order valence-corrected chi connectivity index (χ0v) is 15.0. The zero-order chi connectivity index (χ0) is 16.7. The summed E-state index contributed by atoms with van der Waals surface area (Å²) >= 11 is 14.1. The van der Waals surface area contributed by atoms with Crippen LogP contribution in [0, 0.1) is 0 Å². The van der Waals surface area contributed by atoms with E-state index in [2.05, 4.69) is 22.4 Å². The van der Waals surface area contributed by atoms with Crippen molar-refractivity contribution in [3.05, 3.63) is 58.7 Å². The van der Waals surface area contributed by atoms with Crippen LogP contribution < -0.4 is 10.1 Å². The molecule has 24 heavy (non-hydrogen) atoms. The molecule has 6 heteroatoms. The second-order valence-electron chi connectivity index (χ2n) is 5.23. The third-order valence-electron chi connectivity index (χ3n) is 3.77. The lowest BCUT2D eigenvalue weighted by molar-refractivity contribution is 0.415. The first kappa shape index (κ1) is 15.5. The highest BCUT2D eigenvalue weighted by Crippen LogP contribution is 2.40. The summed E-state index contributed by atoms with van der Waals surface area (Å²) in [4.78, 5) is 4.53. The van der Waals surface area contributed by atoms with Crippen molar-refractivity contribution in [1.82, 2.24) is 4.98 Å². The Kier molecular flexibility index (Phi) is 3.96. The molecule has 0 spiro atoms. The molecule has 0 bridgehead atoms. The number of hydrogen-bond acceptors (Lipinski definition) is 4. The number of nitrogens with one attached hydrogen (secondary N) is 1. The van der Waals surface area contributed by atoms with Crippen LogP contribution in [-0.4, -0.2) is 12.1 Å². The Balaban J connectivity index is 1.86. The van der Waals surface area contributed by atoms with Gasteiger partial charge < -0.3 is 10.1 Å². The van der Waals surface area contributed by atoms with Gasteiger partial charge >= 0.3 is 0 Å². The molecular weight excluding hydrogens is 363 g/mol. The standard InChI is InChI=1S/C18H12Cl2N2OS/c1-23-15-9-14(11(19)8-12(15)20)22-13-6-7-21-17-10-4-2-3-5-16(10)24-18(13)17/h2-9H,1H3,(H,21,22). The van der Waals surface area contributed by atoms with E-state index in [1.165, 1.54) is 4.70 Å². The molecule has 1 N–H and O–H groups in total. The number of ether oxygens (including phenoxy) is 1. The Labute approximate surface area is 152 Å². The Morgan fingerprint density at radius 3 is 2.71 bits per heavy atom. The van der Waals surface area contributed by atoms with Gasteiger partial charge in [-0.15, -0.1) is 11.3 Å². The van der Waals surface area contributed by atoms with Crippen molar-refractivity contribution in [2.75, 3.05) is 12.4 Å². The largest absolute Gasteiger partial charge is 0.495 e. The van der Waals surface area contributed by atoms with Gasteiger partial charge in [0.2, 0.25) is 0 Å². The number of fused-ring (bicyclic) bond motifs is 3. The van der Waals surface area contributed by atoms with Crippen LogP contribution in [0.1, 0.15) is 0 Å². The van der Waals surface area contributed by atoms with Gasteiger partial charge in [-0.3, -0.25) is 4.98 Å². The fourth-order valence-corrected chi connectivity index (χ4v) is 4.27. The number of thiophene rings is 1. The minimum Gasteiger partial charge on any atom is -0.495 e. The van der Waals surface area contributed by atoms with E-state index in [9.17, 15) is 0 Å². The minimum absolute atomic E-state index is 0.481. The van der Waals surface area contributed by atoms with Crippen LogP contribution in [0.5, 0.6) is 5.75 Å². The number of pyridine rings is 1. The van der Waals surface area contributed by atoms with Crippen LogP contribution in [0.25, 0.3) is 20.3 Å². The number of benzene rings is 2. The first-order valence-corrected chi connectivity index (χ1v) is 8.81. The van der Waals surface area contributed by atoms with Crippen LogP contribution in [0.3, 0.4) is 0 Å². The molecule has 4 rings (SSSR count). The zero-order valence-electron chi connectivity index (χ0n) is 12.6. The molecule has 0 aliphatic heterocycles. The maximum Gasteiger partial charge on any atom is 0.139 e. The third kappa shape index (κ3) is 2.57. The van der Waals surface area contributed by atoms with Crippen LogP contribution in [-0.2, 0) is 0 Å². The third-order valence-corrected chi connectivity index (χ3v) is 5.57. The average molecular weight is 375 g/mol. The predicted molar refractivity (Wildman–Crippen MR) is 103 cm³/mol. The molecule has 4 aromatic rings. The van der Waals surface area contributed by atoms with Gasteiger partial charge in [-0.05, 0) is 18.2 Å². The monoisotopic (exact) mass is 374 g/mol. The van der Waals surface area contributed by atoms with Crippen LogP contribution >= 0.6 is 34.5 Å². The number of halogens is 2. The second-order valence-corrected chi connectivity index (χ2v) is 7.09. The fraction of sp³-hybridized carbons (Fsp3) is 0.0556. The molecule has 3 nitrogen and oxygen atoms in total. The summed E-state index contributed by atoms with van der Waals surface area (Å²) in [6.07, 6.45) is 1.80. The SMILES string of the molecule is COc1cc(Nc2ccnc3c2sc2ccccc23)c(Cl)cc1Cl. The number of anilines is 2. The van der Waals surface area contributed by atoms with Crippen LogP contribution in [0.4, 0.5) is 11.4 Å². The molecule has 0 aliphatic rings. The maximum absolute atomic E-state index is 6.32. The van der Waals surface area contributed by atoms with E-state index in [0.717, 1.165) is 27.0 Å². The topological polar surface area (TPSA) is 34.1 Å². The molecule has 0 unspecified atom stereocenters. The molecule has 0 saturated carbocycles. The van der Waals surface area contributed by atoms with Crippen LogP contribution in [0.15, 0.2) is 48.7 Å². The maximum atomic E-state index is 6.32. The lowest BCUT2D eigenvalue weighted by atomic mass is 10.2. The Hall–Kier alpha value is -2.01. The van der Waals surface area contributed by atoms with E-state index in [1.807, 2.05) is 18.2 Å². The minimum atomic E-state index is 0.481. The van der Waals surface area contributed by atoms with Crippen molar-refractivity contribution in [2.45, 2.75) is 0 Å². The number of aromatic nitrogens is 1. The van der Waals surface area contributed by atoms with Gasteiger partial charge in [0.25, 0.3) is 0 Å². The second kappa shape index (κ2) is 6.13. The van der Waals surface area contributed by atoms with Crippen molar-refractivity contribution in [1.29, 1.82) is 0 Å². The van der Waals surface area contributed by atoms with Gasteiger partial charge in [-0.2, -0.15) is 0 Å². The highest BCUT2D eigenvalue weighted by molar-refractivity contribution is 7.26. The smallest absolute Gasteiger partial charge is 0.139 e. The van der Waals surface area contributed by atoms with Gasteiger partial charge in [0.1, 0.15) is 5.75 Å². The number of methoxy groups -OCH3 is 1. The van der Waals surface area contributed by atoms with Gasteiger partial charge in [0.15, 0.2) is 0 Å². The molecule has 0 saturated heterocycles. The van der Waals surface area contributed by atoms with Gasteiger partial charge in [0.05, 0.1) is 38.7 Å². The number of hydrogen-bond donors (Lipinski definition) is 1. The molecule has 0 fully saturated rings. The summed E-state index contributed by atoms with van der Waals surface area (Å²) in [5, 5.41) is 5.55. The Morgan fingerprint density at radius 2 is 1.88 bits per heavy atom. The lowest BCUT2D eigenvalue weighted by Crippen LogP contribution is -1.94. The van der Waals surface area contributed by atoms with Crippen molar-refractivity contribution in [2.24, 2.45) is 0 Å². The summed E-state index contributed by atoms with van der Waals surface area (Å²) < 4.78 is 7.56. The molecule has 2 heterocycles. The van der Waals surface area contributed by atoms with E-state index in [4.69, 9.17) is 27.9 Å². The van der Waals surface area contributed by atoms with E-state index >= 15 is 0 Å². The van der Waals surface area contributed by atoms with E-state index in [0.29, 0.717) is 15.8 Å². The lowest BCUT2D eigenvalue weighted by Gasteiger charge is -2.12. The summed E-state index contributed by atoms with van der Waals surface area (Å²) in [5.41, 5.74) is 2.67. The normalized spacial score (nSPS) is 11.1. The van der Waals surface area contributed by atoms with Crippen molar-refractivity contribution >= 4 is 66.2 Å². The Bertz CT molecular complexity index is 1060. The molecule has 0 aliphatic carbocycles. The van der Waals surface area contributed by atoms with Gasteiger partial charge in [-0.1, -0.05) is 41.4 Å². The summed E-state index contributed by atoms with van der Waals surface area (Å²) in [6.45, 7) is 0. The van der Waals surface area contributed by atoms with Crippen molar-refractivity contribution in [3.8, 4) is 5.75 Å². The fourth-order valence-electron chi connectivity index (χ4n) is 2.63. The molecular formula is C18H12Cl2N2OS. The van der Waals surface area contributed by atoms with Gasteiger partial charge in [0, 0.05) is 22.3 Å². The van der Waals surface area contributed by atoms with Crippen molar-refractivity contribution < 1.29 is 4.74 Å². The quantitative estimate of drug-likeness (QED) is 0.443. The average Bonchev–Trinajstić information content (AvgIpc) is 2.97. The summed E-state index contributed by atoms with van der Waals surface area (Å²) in [7, 11) is 1.58. The highest BCUT2D eigenvalue weighted by atomic mass is 35.5. The molecule has 120 valence electrons. The number of nitrogens with zero attached hydrogens (tertiary/aromatic N) is 1. The van der Waals surface area contributed by atoms with E-state index < -0.39 is 0 Å². The molecule has 2 aromatic heterocycles. The predicted octanol–water partition coefficient (Wildman–Crippen LogP) is 6.51. The summed E-state index contributed by atoms with van der Waals surface area (Å²) in [6, 6.07) is 13.7. The molecule has 2 aromatic carbocycles. The molecule has 0 amide bonds. The van der Waals surface area contributed by atoms with E-state index in [-0.39, 0.29) is 0 Å². The van der Waals surface area contributed by atoms with Crippen molar-refractivity contribution in [3.63, 3.8) is 0 Å². The molecule has 0 atom stereocenters. The summed E-state index contributed by atoms with van der Waals surface area (Å²) in [5.74, 6) is 0.574. The van der Waals surface area contributed by atoms with E-state index in [1.54, 1.807) is 36.8 Å². The van der Waals surface area contributed by atoms with Gasteiger partial charge in [-0.25, -0.2) is 0 Å². The Morgan fingerprint density at radius 1 is 1.04 bits per heavy atom. The highest BCUT2D eigenvalue weighted by Gasteiger charge is 2.12. The van der Waals surface area contributed by atoms with Crippen LogP contribution in [0.2, 0.25) is 10.0 Å². The first-order valence-electron chi connectivity index (χ1n) is 7.23. The number of rotatable bonds is 3. The molecule has 0 radical (unpaired) electrons.